The lowest BCUT2D eigenvalue weighted by molar-refractivity contribution is -0.128. The van der Waals surface area contributed by atoms with Crippen LogP contribution in [0.2, 0.25) is 0 Å². The summed E-state index contributed by atoms with van der Waals surface area (Å²) >= 11 is 0. The maximum absolute atomic E-state index is 11.6. The quantitative estimate of drug-likeness (QED) is 0.618. The Hall–Kier alpha value is -0.610. The van der Waals surface area contributed by atoms with Crippen LogP contribution < -0.4 is 11.1 Å². The van der Waals surface area contributed by atoms with Crippen molar-refractivity contribution in [1.29, 1.82) is 0 Å². The molecule has 0 bridgehead atoms. The number of rotatable bonds is 8. The Balaban J connectivity index is 3.93. The smallest absolute Gasteiger partial charge is 0.246 e. The molecule has 0 saturated heterocycles. The highest BCUT2D eigenvalue weighted by Crippen LogP contribution is 2.14. The number of hydrogen-bond donors (Lipinski definition) is 2. The summed E-state index contributed by atoms with van der Waals surface area (Å²) in [6.07, 6.45) is 2.07. The Morgan fingerprint density at radius 3 is 2.56 bits per heavy atom. The summed E-state index contributed by atoms with van der Waals surface area (Å²) < 4.78 is 5.25. The molecule has 16 heavy (non-hydrogen) atoms. The molecular formula is C12H26N2O2. The number of hydrogen-bond acceptors (Lipinski definition) is 3. The zero-order valence-electron chi connectivity index (χ0n) is 11.0. The van der Waals surface area contributed by atoms with E-state index in [1.54, 1.807) is 0 Å². The number of ether oxygens (including phenoxy) is 1. The van der Waals surface area contributed by atoms with Crippen LogP contribution in [0, 0.1) is 5.92 Å². The van der Waals surface area contributed by atoms with Gasteiger partial charge in [-0.15, -0.1) is 0 Å². The molecule has 1 atom stereocenters. The van der Waals surface area contributed by atoms with Crippen LogP contribution in [-0.4, -0.2) is 31.2 Å². The molecule has 0 aromatic carbocycles. The van der Waals surface area contributed by atoms with Crippen LogP contribution in [0.5, 0.6) is 0 Å². The molecule has 0 aromatic rings. The van der Waals surface area contributed by atoms with Gasteiger partial charge in [-0.2, -0.15) is 0 Å². The standard InChI is InChI=1S/C12H26N2O2/c1-5-6-7-16-8-11(15)14-12(4,9-13)10(2)3/h10H,5-9,13H2,1-4H3,(H,14,15). The first-order chi connectivity index (χ1) is 7.46. The van der Waals surface area contributed by atoms with Gasteiger partial charge in [0.15, 0.2) is 0 Å². The van der Waals surface area contributed by atoms with Crippen LogP contribution in [-0.2, 0) is 9.53 Å². The van der Waals surface area contributed by atoms with Crippen molar-refractivity contribution in [2.45, 2.75) is 46.1 Å². The molecule has 0 saturated carbocycles. The van der Waals surface area contributed by atoms with Crippen molar-refractivity contribution in [2.24, 2.45) is 11.7 Å². The SMILES string of the molecule is CCCCOCC(=O)NC(C)(CN)C(C)C. The van der Waals surface area contributed by atoms with Crippen LogP contribution in [0.3, 0.4) is 0 Å². The van der Waals surface area contributed by atoms with Crippen molar-refractivity contribution in [2.75, 3.05) is 19.8 Å². The summed E-state index contributed by atoms with van der Waals surface area (Å²) in [7, 11) is 0. The lowest BCUT2D eigenvalue weighted by atomic mass is 9.88. The maximum atomic E-state index is 11.6. The molecule has 96 valence electrons. The minimum Gasteiger partial charge on any atom is -0.372 e. The van der Waals surface area contributed by atoms with E-state index < -0.39 is 0 Å². The first-order valence-electron chi connectivity index (χ1n) is 6.05. The summed E-state index contributed by atoms with van der Waals surface area (Å²) in [5.41, 5.74) is 5.34. The second kappa shape index (κ2) is 7.63. The minimum absolute atomic E-state index is 0.0854. The lowest BCUT2D eigenvalue weighted by Crippen LogP contribution is -2.55. The molecule has 4 heteroatoms. The molecule has 0 aliphatic rings. The van der Waals surface area contributed by atoms with Gasteiger partial charge in [0.2, 0.25) is 5.91 Å². The summed E-state index contributed by atoms with van der Waals surface area (Å²) in [6.45, 7) is 9.35. The minimum atomic E-state index is -0.342. The molecule has 0 aliphatic carbocycles. The number of amides is 1. The van der Waals surface area contributed by atoms with Crippen LogP contribution in [0.25, 0.3) is 0 Å². The van der Waals surface area contributed by atoms with Crippen molar-refractivity contribution in [3.63, 3.8) is 0 Å². The van der Waals surface area contributed by atoms with Crippen LogP contribution in [0.1, 0.15) is 40.5 Å². The fraction of sp³-hybridized carbons (Fsp3) is 0.917. The highest BCUT2D eigenvalue weighted by molar-refractivity contribution is 5.78. The van der Waals surface area contributed by atoms with Crippen LogP contribution >= 0.6 is 0 Å². The summed E-state index contributed by atoms with van der Waals surface area (Å²) in [5, 5.41) is 2.93. The number of carbonyl (C=O) groups excluding carboxylic acids is 1. The zero-order chi connectivity index (χ0) is 12.6. The van der Waals surface area contributed by atoms with Crippen molar-refractivity contribution >= 4 is 5.91 Å². The highest BCUT2D eigenvalue weighted by atomic mass is 16.5. The van der Waals surface area contributed by atoms with E-state index in [-0.39, 0.29) is 18.1 Å². The monoisotopic (exact) mass is 230 g/mol. The maximum Gasteiger partial charge on any atom is 0.246 e. The van der Waals surface area contributed by atoms with Crippen LogP contribution in [0.15, 0.2) is 0 Å². The predicted molar refractivity (Wildman–Crippen MR) is 66.2 cm³/mol. The van der Waals surface area contributed by atoms with E-state index in [9.17, 15) is 4.79 Å². The molecule has 1 unspecified atom stereocenters. The van der Waals surface area contributed by atoms with E-state index in [1.165, 1.54) is 0 Å². The fourth-order valence-corrected chi connectivity index (χ4v) is 1.20. The number of unbranched alkanes of at least 4 members (excludes halogenated alkanes) is 1. The van der Waals surface area contributed by atoms with E-state index >= 15 is 0 Å². The van der Waals surface area contributed by atoms with Gasteiger partial charge in [0.25, 0.3) is 0 Å². The van der Waals surface area contributed by atoms with Gasteiger partial charge in [-0.05, 0) is 19.3 Å². The van der Waals surface area contributed by atoms with Gasteiger partial charge in [0.1, 0.15) is 6.61 Å². The molecule has 4 nitrogen and oxygen atoms in total. The molecule has 3 N–H and O–H groups in total. The molecule has 0 aromatic heterocycles. The second-order valence-electron chi connectivity index (χ2n) is 4.73. The Kier molecular flexibility index (Phi) is 7.34. The van der Waals surface area contributed by atoms with Crippen LogP contribution in [0.4, 0.5) is 0 Å². The fourth-order valence-electron chi connectivity index (χ4n) is 1.20. The van der Waals surface area contributed by atoms with E-state index in [4.69, 9.17) is 10.5 Å². The third kappa shape index (κ3) is 5.47. The number of carbonyl (C=O) groups is 1. The second-order valence-corrected chi connectivity index (χ2v) is 4.73. The Labute approximate surface area is 98.9 Å². The van der Waals surface area contributed by atoms with Gasteiger partial charge in [-0.25, -0.2) is 0 Å². The van der Waals surface area contributed by atoms with Gasteiger partial charge >= 0.3 is 0 Å². The van der Waals surface area contributed by atoms with Gasteiger partial charge in [-0.3, -0.25) is 4.79 Å². The Bertz CT molecular complexity index is 207. The molecule has 0 spiro atoms. The van der Waals surface area contributed by atoms with E-state index in [0.29, 0.717) is 19.1 Å². The Morgan fingerprint density at radius 1 is 1.50 bits per heavy atom. The first kappa shape index (κ1) is 15.4. The summed E-state index contributed by atoms with van der Waals surface area (Å²) in [4.78, 5) is 11.6. The van der Waals surface area contributed by atoms with Crippen molar-refractivity contribution in [1.82, 2.24) is 5.32 Å². The molecular weight excluding hydrogens is 204 g/mol. The average Bonchev–Trinajstić information content (AvgIpc) is 2.24. The largest absolute Gasteiger partial charge is 0.372 e. The number of nitrogens with one attached hydrogen (secondary N) is 1. The summed E-state index contributed by atoms with van der Waals surface area (Å²) in [5.74, 6) is 0.217. The Morgan fingerprint density at radius 2 is 2.12 bits per heavy atom. The van der Waals surface area contributed by atoms with Crippen molar-refractivity contribution in [3.8, 4) is 0 Å². The van der Waals surface area contributed by atoms with Gasteiger partial charge in [0, 0.05) is 13.2 Å². The molecule has 0 radical (unpaired) electrons. The van der Waals surface area contributed by atoms with E-state index in [2.05, 4.69) is 12.2 Å². The third-order valence-electron chi connectivity index (χ3n) is 3.00. The van der Waals surface area contributed by atoms with Gasteiger partial charge in [-0.1, -0.05) is 27.2 Å². The topological polar surface area (TPSA) is 64.3 Å². The van der Waals surface area contributed by atoms with Crippen molar-refractivity contribution < 1.29 is 9.53 Å². The predicted octanol–water partition coefficient (Wildman–Crippen LogP) is 1.29. The van der Waals surface area contributed by atoms with E-state index in [0.717, 1.165) is 12.8 Å². The zero-order valence-corrected chi connectivity index (χ0v) is 11.0. The molecule has 0 fully saturated rings. The van der Waals surface area contributed by atoms with Gasteiger partial charge in [0.05, 0.1) is 5.54 Å². The molecule has 0 rings (SSSR count). The number of nitrogens with two attached hydrogens (primary N) is 1. The average molecular weight is 230 g/mol. The van der Waals surface area contributed by atoms with E-state index in [1.807, 2.05) is 20.8 Å². The van der Waals surface area contributed by atoms with Gasteiger partial charge < -0.3 is 15.8 Å². The summed E-state index contributed by atoms with van der Waals surface area (Å²) in [6, 6.07) is 0. The first-order valence-corrected chi connectivity index (χ1v) is 6.05. The highest BCUT2D eigenvalue weighted by Gasteiger charge is 2.28. The molecule has 0 aliphatic heterocycles. The normalized spacial score (nSPS) is 14.9. The molecule has 0 heterocycles. The molecule has 1 amide bonds. The third-order valence-corrected chi connectivity index (χ3v) is 3.00. The lowest BCUT2D eigenvalue weighted by Gasteiger charge is -2.33. The van der Waals surface area contributed by atoms with Crippen molar-refractivity contribution in [3.05, 3.63) is 0 Å².